The zero-order valence-corrected chi connectivity index (χ0v) is 26.3. The Labute approximate surface area is 285 Å². The van der Waals surface area contributed by atoms with Crippen LogP contribution in [0.15, 0.2) is 138 Å². The van der Waals surface area contributed by atoms with Gasteiger partial charge in [-0.3, -0.25) is 9.88 Å². The zero-order valence-electron chi connectivity index (χ0n) is 26.3. The maximum atomic E-state index is 13.4. The van der Waals surface area contributed by atoms with Crippen molar-refractivity contribution in [1.82, 2.24) is 14.9 Å². The number of nitrogens with zero attached hydrogens (tertiary/aromatic N) is 2. The van der Waals surface area contributed by atoms with Gasteiger partial charge in [0.15, 0.2) is 12.3 Å². The lowest BCUT2D eigenvalue weighted by Crippen LogP contribution is -2.42. The number of hydrogen-bond donors (Lipinski definition) is 2. The third-order valence-electron chi connectivity index (χ3n) is 7.53. The summed E-state index contributed by atoms with van der Waals surface area (Å²) < 4.78 is 24.4. The molecule has 6 rings (SSSR count). The molecule has 1 aliphatic heterocycles. The number of urea groups is 1. The van der Waals surface area contributed by atoms with E-state index < -0.39 is 54.4 Å². The van der Waals surface area contributed by atoms with Crippen molar-refractivity contribution in [3.05, 3.63) is 166 Å². The second kappa shape index (κ2) is 15.5. The summed E-state index contributed by atoms with van der Waals surface area (Å²) in [7, 11) is 0. The molecule has 1 aliphatic rings. The molecule has 4 aromatic carbocycles. The average molecular weight is 675 g/mol. The summed E-state index contributed by atoms with van der Waals surface area (Å²) in [6, 6.07) is 34.0. The standard InChI is InChI=1S/C37H30N4O9/c42-32(25-15-7-2-8-16-25)47-29-30(48-33(43)26-17-9-3-10-18-26)35(50-34(44)27-19-11-4-12-20-27)49-31(29)41-22-21-28(40-37(41)46)39-36(45)38-23-24-13-5-1-6-14-24/h1-22,29-31,35H,23H2,(H2,38,39,40,45,46)/t29-,30-,31-,35-/m1/s1. The largest absolute Gasteiger partial charge is 0.450 e. The summed E-state index contributed by atoms with van der Waals surface area (Å²) in [6.45, 7) is 0.236. The normalized spacial score (nSPS) is 18.0. The molecule has 2 N–H and O–H groups in total. The predicted molar refractivity (Wildman–Crippen MR) is 178 cm³/mol. The summed E-state index contributed by atoms with van der Waals surface area (Å²) in [5.41, 5.74) is 0.448. The van der Waals surface area contributed by atoms with Crippen LogP contribution < -0.4 is 16.3 Å². The van der Waals surface area contributed by atoms with Crippen LogP contribution in [0.4, 0.5) is 10.6 Å². The number of esters is 3. The molecule has 13 nitrogen and oxygen atoms in total. The number of benzene rings is 4. The summed E-state index contributed by atoms with van der Waals surface area (Å²) in [6.07, 6.45) is -4.93. The minimum absolute atomic E-state index is 0.0771. The molecule has 4 atom stereocenters. The second-order valence-corrected chi connectivity index (χ2v) is 10.9. The van der Waals surface area contributed by atoms with Gasteiger partial charge < -0.3 is 24.3 Å². The molecular formula is C37H30N4O9. The molecule has 0 radical (unpaired) electrons. The Balaban J connectivity index is 1.30. The second-order valence-electron chi connectivity index (χ2n) is 10.9. The van der Waals surface area contributed by atoms with E-state index in [4.69, 9.17) is 18.9 Å². The van der Waals surface area contributed by atoms with Crippen LogP contribution in [-0.4, -0.2) is 52.0 Å². The van der Waals surface area contributed by atoms with Crippen LogP contribution in [0.5, 0.6) is 0 Å². The minimum Gasteiger partial charge on any atom is -0.450 e. The van der Waals surface area contributed by atoms with Gasteiger partial charge in [-0.05, 0) is 48.0 Å². The van der Waals surface area contributed by atoms with Crippen molar-refractivity contribution in [2.24, 2.45) is 0 Å². The Bertz CT molecular complexity index is 2010. The number of rotatable bonds is 10. The van der Waals surface area contributed by atoms with Gasteiger partial charge in [0.25, 0.3) is 0 Å². The number of amides is 2. The summed E-state index contributed by atoms with van der Waals surface area (Å²) in [4.78, 5) is 69.8. The van der Waals surface area contributed by atoms with Crippen LogP contribution in [0.2, 0.25) is 0 Å². The van der Waals surface area contributed by atoms with Crippen LogP contribution >= 0.6 is 0 Å². The Morgan fingerprint density at radius 3 is 1.64 bits per heavy atom. The van der Waals surface area contributed by atoms with Crippen molar-refractivity contribution in [2.45, 2.75) is 31.3 Å². The molecule has 50 heavy (non-hydrogen) atoms. The maximum Gasteiger partial charge on any atom is 0.351 e. The molecule has 2 heterocycles. The van der Waals surface area contributed by atoms with Crippen molar-refractivity contribution in [1.29, 1.82) is 0 Å². The molecule has 13 heteroatoms. The number of carbonyl (C=O) groups excluding carboxylic acids is 4. The molecule has 5 aromatic rings. The van der Waals surface area contributed by atoms with E-state index in [1.165, 1.54) is 48.7 Å². The van der Waals surface area contributed by atoms with Gasteiger partial charge in [0, 0.05) is 12.7 Å². The van der Waals surface area contributed by atoms with Crippen LogP contribution in [0.3, 0.4) is 0 Å². The molecule has 1 aromatic heterocycles. The van der Waals surface area contributed by atoms with E-state index in [1.807, 2.05) is 30.3 Å². The fourth-order valence-electron chi connectivity index (χ4n) is 5.07. The summed E-state index contributed by atoms with van der Waals surface area (Å²) in [5, 5.41) is 5.18. The Morgan fingerprint density at radius 2 is 1.12 bits per heavy atom. The number of hydrogen-bond acceptors (Lipinski definition) is 10. The maximum absolute atomic E-state index is 13.4. The Kier molecular flexibility index (Phi) is 10.3. The van der Waals surface area contributed by atoms with E-state index in [0.29, 0.717) is 0 Å². The first-order valence-electron chi connectivity index (χ1n) is 15.5. The van der Waals surface area contributed by atoms with Gasteiger partial charge in [-0.15, -0.1) is 0 Å². The third kappa shape index (κ3) is 8.09. The van der Waals surface area contributed by atoms with Crippen molar-refractivity contribution in [3.63, 3.8) is 0 Å². The lowest BCUT2D eigenvalue weighted by Gasteiger charge is -2.24. The van der Waals surface area contributed by atoms with Gasteiger partial charge in [0.05, 0.1) is 16.7 Å². The zero-order chi connectivity index (χ0) is 34.9. The predicted octanol–water partition coefficient (Wildman–Crippen LogP) is 4.73. The van der Waals surface area contributed by atoms with E-state index in [1.54, 1.807) is 54.6 Å². The van der Waals surface area contributed by atoms with Gasteiger partial charge in [-0.25, -0.2) is 24.0 Å². The summed E-state index contributed by atoms with van der Waals surface area (Å²) in [5.74, 6) is -2.55. The molecule has 2 amide bonds. The van der Waals surface area contributed by atoms with Gasteiger partial charge in [-0.2, -0.15) is 4.98 Å². The fraction of sp³-hybridized carbons (Fsp3) is 0.135. The highest BCUT2D eigenvalue weighted by Crippen LogP contribution is 2.35. The quantitative estimate of drug-likeness (QED) is 0.156. The molecule has 252 valence electrons. The number of ether oxygens (including phenoxy) is 4. The number of aromatic nitrogens is 2. The van der Waals surface area contributed by atoms with Crippen LogP contribution in [0, 0.1) is 0 Å². The first-order valence-corrected chi connectivity index (χ1v) is 15.5. The molecule has 1 fully saturated rings. The van der Waals surface area contributed by atoms with E-state index in [2.05, 4.69) is 15.6 Å². The van der Waals surface area contributed by atoms with E-state index in [9.17, 15) is 24.0 Å². The van der Waals surface area contributed by atoms with Crippen molar-refractivity contribution >= 4 is 29.8 Å². The molecule has 0 spiro atoms. The Morgan fingerprint density at radius 1 is 0.640 bits per heavy atom. The highest BCUT2D eigenvalue weighted by molar-refractivity contribution is 5.91. The minimum atomic E-state index is -1.64. The van der Waals surface area contributed by atoms with E-state index >= 15 is 0 Å². The van der Waals surface area contributed by atoms with Gasteiger partial charge in [0.1, 0.15) is 5.82 Å². The first kappa shape index (κ1) is 33.3. The summed E-state index contributed by atoms with van der Waals surface area (Å²) >= 11 is 0. The molecular weight excluding hydrogens is 644 g/mol. The third-order valence-corrected chi connectivity index (χ3v) is 7.53. The highest BCUT2D eigenvalue weighted by Gasteiger charge is 2.53. The Hall–Kier alpha value is -6.60. The SMILES string of the molecule is O=C(NCc1ccccc1)Nc1ccn([C@@H]2O[C@H](OC(=O)c3ccccc3)[C@H](OC(=O)c3ccccc3)[C@H]2OC(=O)c2ccccc2)c(=O)n1. The van der Waals surface area contributed by atoms with Gasteiger partial charge in [-0.1, -0.05) is 84.9 Å². The van der Waals surface area contributed by atoms with Crippen LogP contribution in [0.25, 0.3) is 0 Å². The van der Waals surface area contributed by atoms with E-state index in [0.717, 1.165) is 10.1 Å². The van der Waals surface area contributed by atoms with Crippen molar-refractivity contribution < 1.29 is 38.1 Å². The lowest BCUT2D eigenvalue weighted by atomic mass is 10.1. The highest BCUT2D eigenvalue weighted by atomic mass is 16.8. The molecule has 0 aliphatic carbocycles. The van der Waals surface area contributed by atoms with Crippen LogP contribution in [0.1, 0.15) is 42.9 Å². The van der Waals surface area contributed by atoms with Gasteiger partial charge >= 0.3 is 29.6 Å². The topological polar surface area (TPSA) is 164 Å². The number of carbonyl (C=O) groups is 4. The van der Waals surface area contributed by atoms with Crippen molar-refractivity contribution in [2.75, 3.05) is 5.32 Å². The fourth-order valence-corrected chi connectivity index (χ4v) is 5.07. The molecule has 1 saturated heterocycles. The molecule has 0 unspecified atom stereocenters. The van der Waals surface area contributed by atoms with E-state index in [-0.39, 0.29) is 29.1 Å². The number of nitrogens with one attached hydrogen (secondary N) is 2. The molecule has 0 bridgehead atoms. The van der Waals surface area contributed by atoms with Crippen molar-refractivity contribution in [3.8, 4) is 0 Å². The number of anilines is 1. The first-order chi connectivity index (χ1) is 24.4. The smallest absolute Gasteiger partial charge is 0.351 e. The monoisotopic (exact) mass is 674 g/mol. The average Bonchev–Trinajstić information content (AvgIpc) is 3.47. The molecule has 0 saturated carbocycles. The van der Waals surface area contributed by atoms with Crippen LogP contribution in [-0.2, 0) is 25.5 Å². The lowest BCUT2D eigenvalue weighted by molar-refractivity contribution is -0.149. The van der Waals surface area contributed by atoms with Gasteiger partial charge in [0.2, 0.25) is 12.4 Å².